The number of nitrogens with two attached hydrogens (primary N) is 1. The molecule has 0 aromatic carbocycles. The largest absolute Gasteiger partial charge is 0.366 e. The minimum atomic E-state index is -4.49. The number of nitrogens with zero attached hydrogens (tertiary/aromatic N) is 1. The molecule has 0 atom stereocenters. The maximum absolute atomic E-state index is 10.7. The Bertz CT molecular complexity index is 440. The van der Waals surface area contributed by atoms with E-state index in [0.29, 0.717) is 0 Å². The number of aromatic nitrogens is 1. The molecule has 0 saturated heterocycles. The van der Waals surface area contributed by atoms with Crippen molar-refractivity contribution < 1.29 is 17.8 Å². The summed E-state index contributed by atoms with van der Waals surface area (Å²) >= 11 is 0. The van der Waals surface area contributed by atoms with Gasteiger partial charge in [0.15, 0.2) is 5.03 Å². The minimum Gasteiger partial charge on any atom is -0.366 e. The molecule has 0 radical (unpaired) electrons. The number of hydrogen-bond acceptors (Lipinski definition) is 4. The fraction of sp³-hybridized carbons (Fsp3) is 0. The van der Waals surface area contributed by atoms with Crippen LogP contribution in [-0.4, -0.2) is 23.9 Å². The van der Waals surface area contributed by atoms with Crippen LogP contribution in [0, 0.1) is 0 Å². The van der Waals surface area contributed by atoms with Crippen molar-refractivity contribution in [1.29, 1.82) is 0 Å². The van der Waals surface area contributed by atoms with E-state index in [1.54, 1.807) is 0 Å². The Labute approximate surface area is 74.1 Å². The lowest BCUT2D eigenvalue weighted by atomic mass is 10.3. The smallest absolute Gasteiger partial charge is 0.312 e. The first-order valence-corrected chi connectivity index (χ1v) is 4.59. The molecule has 6 nitrogen and oxygen atoms in total. The normalized spacial score (nSPS) is 11.2. The first-order valence-electron chi connectivity index (χ1n) is 3.15. The van der Waals surface area contributed by atoms with Crippen molar-refractivity contribution in [1.82, 2.24) is 4.98 Å². The lowest BCUT2D eigenvalue weighted by Gasteiger charge is -2.00. The van der Waals surface area contributed by atoms with Gasteiger partial charge in [0.05, 0.1) is 5.56 Å². The number of hydrogen-bond donors (Lipinski definition) is 2. The molecule has 3 N–H and O–H groups in total. The fourth-order valence-electron chi connectivity index (χ4n) is 0.784. The highest BCUT2D eigenvalue weighted by Gasteiger charge is 2.19. The average molecular weight is 202 g/mol. The third-order valence-electron chi connectivity index (χ3n) is 1.28. The number of pyridine rings is 1. The van der Waals surface area contributed by atoms with Gasteiger partial charge in [-0.25, -0.2) is 4.98 Å². The monoisotopic (exact) mass is 202 g/mol. The van der Waals surface area contributed by atoms with E-state index in [9.17, 15) is 13.2 Å². The zero-order valence-corrected chi connectivity index (χ0v) is 7.15. The number of rotatable bonds is 2. The summed E-state index contributed by atoms with van der Waals surface area (Å²) in [5, 5.41) is -0.720. The second-order valence-electron chi connectivity index (χ2n) is 2.20. The Balaban J connectivity index is 3.46. The average Bonchev–Trinajstić information content (AvgIpc) is 2.03. The van der Waals surface area contributed by atoms with Crippen molar-refractivity contribution >= 4 is 16.0 Å². The number of carbonyl (C=O) groups excluding carboxylic acids is 1. The summed E-state index contributed by atoms with van der Waals surface area (Å²) in [5.74, 6) is -0.958. The molecule has 1 rings (SSSR count). The van der Waals surface area contributed by atoms with Crippen molar-refractivity contribution in [2.24, 2.45) is 5.73 Å². The van der Waals surface area contributed by atoms with Crippen molar-refractivity contribution in [3.05, 3.63) is 23.9 Å². The molecule has 13 heavy (non-hydrogen) atoms. The van der Waals surface area contributed by atoms with E-state index in [4.69, 9.17) is 10.3 Å². The van der Waals surface area contributed by atoms with Crippen LogP contribution in [0.25, 0.3) is 0 Å². The number of carbonyl (C=O) groups is 1. The SMILES string of the molecule is NC(=O)c1cccnc1S(=O)(=O)O. The van der Waals surface area contributed by atoms with Crippen LogP contribution < -0.4 is 5.73 Å². The van der Waals surface area contributed by atoms with E-state index in [1.807, 2.05) is 0 Å². The van der Waals surface area contributed by atoms with Gasteiger partial charge in [0.25, 0.3) is 5.91 Å². The number of primary amides is 1. The Hall–Kier alpha value is -1.47. The van der Waals surface area contributed by atoms with E-state index < -0.39 is 21.1 Å². The second-order valence-corrected chi connectivity index (χ2v) is 3.53. The molecule has 7 heteroatoms. The maximum Gasteiger partial charge on any atom is 0.312 e. The summed E-state index contributed by atoms with van der Waals surface area (Å²) < 4.78 is 29.9. The highest BCUT2D eigenvalue weighted by molar-refractivity contribution is 7.85. The lowest BCUT2D eigenvalue weighted by molar-refractivity contribution is 0.0996. The molecule has 0 spiro atoms. The molecule has 0 bridgehead atoms. The van der Waals surface area contributed by atoms with Crippen LogP contribution in [0.15, 0.2) is 23.4 Å². The van der Waals surface area contributed by atoms with Crippen LogP contribution in [0.1, 0.15) is 10.4 Å². The molecular formula is C6H6N2O4S. The summed E-state index contributed by atoms with van der Waals surface area (Å²) in [6.45, 7) is 0. The predicted octanol–water partition coefficient (Wildman–Crippen LogP) is -0.573. The van der Waals surface area contributed by atoms with Gasteiger partial charge < -0.3 is 5.73 Å². The molecule has 1 heterocycles. The highest BCUT2D eigenvalue weighted by Crippen LogP contribution is 2.10. The van der Waals surface area contributed by atoms with Gasteiger partial charge >= 0.3 is 10.1 Å². The molecular weight excluding hydrogens is 196 g/mol. The standard InChI is InChI=1S/C6H6N2O4S/c7-5(9)4-2-1-3-8-6(4)13(10,11)12/h1-3H,(H2,7,9)(H,10,11,12). The van der Waals surface area contributed by atoms with Gasteiger partial charge in [0.2, 0.25) is 0 Å². The molecule has 70 valence electrons. The summed E-state index contributed by atoms with van der Waals surface area (Å²) in [7, 11) is -4.49. The van der Waals surface area contributed by atoms with Crippen LogP contribution >= 0.6 is 0 Å². The van der Waals surface area contributed by atoms with E-state index in [-0.39, 0.29) is 5.56 Å². The van der Waals surface area contributed by atoms with Gasteiger partial charge in [-0.1, -0.05) is 0 Å². The molecule has 0 saturated carbocycles. The Kier molecular flexibility index (Phi) is 2.30. The zero-order chi connectivity index (χ0) is 10.1. The zero-order valence-electron chi connectivity index (χ0n) is 6.34. The third kappa shape index (κ3) is 2.01. The fourth-order valence-corrected chi connectivity index (χ4v) is 1.42. The van der Waals surface area contributed by atoms with Crippen molar-refractivity contribution in [2.75, 3.05) is 0 Å². The second kappa shape index (κ2) is 3.11. The van der Waals surface area contributed by atoms with Crippen molar-refractivity contribution in [2.45, 2.75) is 5.03 Å². The summed E-state index contributed by atoms with van der Waals surface area (Å²) in [6, 6.07) is 2.51. The number of amides is 1. The van der Waals surface area contributed by atoms with E-state index in [0.717, 1.165) is 6.20 Å². The summed E-state index contributed by atoms with van der Waals surface area (Å²) in [5.41, 5.74) is 4.53. The van der Waals surface area contributed by atoms with Gasteiger partial charge in [-0.05, 0) is 12.1 Å². The summed E-state index contributed by atoms with van der Waals surface area (Å²) in [6.07, 6.45) is 1.13. The van der Waals surface area contributed by atoms with Gasteiger partial charge in [0.1, 0.15) is 0 Å². The lowest BCUT2D eigenvalue weighted by Crippen LogP contribution is -2.17. The Morgan fingerprint density at radius 1 is 1.54 bits per heavy atom. The molecule has 1 aromatic rings. The maximum atomic E-state index is 10.7. The Morgan fingerprint density at radius 3 is 2.54 bits per heavy atom. The van der Waals surface area contributed by atoms with E-state index >= 15 is 0 Å². The van der Waals surface area contributed by atoms with E-state index in [2.05, 4.69) is 4.98 Å². The topological polar surface area (TPSA) is 110 Å². The van der Waals surface area contributed by atoms with Gasteiger partial charge in [0, 0.05) is 6.20 Å². The molecule has 0 aliphatic carbocycles. The van der Waals surface area contributed by atoms with Crippen LogP contribution in [0.2, 0.25) is 0 Å². The predicted molar refractivity (Wildman–Crippen MR) is 42.6 cm³/mol. The van der Waals surface area contributed by atoms with Crippen molar-refractivity contribution in [3.63, 3.8) is 0 Å². The first-order chi connectivity index (χ1) is 5.93. The Morgan fingerprint density at radius 2 is 2.15 bits per heavy atom. The van der Waals surface area contributed by atoms with Crippen LogP contribution in [-0.2, 0) is 10.1 Å². The van der Waals surface area contributed by atoms with Gasteiger partial charge in [-0.2, -0.15) is 8.42 Å². The minimum absolute atomic E-state index is 0.329. The quantitative estimate of drug-likeness (QED) is 0.624. The van der Waals surface area contributed by atoms with E-state index in [1.165, 1.54) is 12.1 Å². The van der Waals surface area contributed by atoms with Crippen LogP contribution in [0.5, 0.6) is 0 Å². The highest BCUT2D eigenvalue weighted by atomic mass is 32.2. The third-order valence-corrected chi connectivity index (χ3v) is 2.09. The first kappa shape index (κ1) is 9.62. The molecule has 0 unspecified atom stereocenters. The summed E-state index contributed by atoms with van der Waals surface area (Å²) in [4.78, 5) is 14.0. The molecule has 0 fully saturated rings. The molecule has 0 aliphatic rings. The van der Waals surface area contributed by atoms with Crippen LogP contribution in [0.4, 0.5) is 0 Å². The van der Waals surface area contributed by atoms with Crippen molar-refractivity contribution in [3.8, 4) is 0 Å². The van der Waals surface area contributed by atoms with Gasteiger partial charge in [-0.15, -0.1) is 0 Å². The van der Waals surface area contributed by atoms with Gasteiger partial charge in [-0.3, -0.25) is 9.35 Å². The molecule has 1 aromatic heterocycles. The molecule has 1 amide bonds. The molecule has 0 aliphatic heterocycles. The van der Waals surface area contributed by atoms with Crippen LogP contribution in [0.3, 0.4) is 0 Å².